The SMILES string of the molecule is COC(=O)C1C(c2ccc(O)cc2)C(C(=O)O)C1c1ccc(O)cc1. The average Bonchev–Trinajstić information content (AvgIpc) is 2.57. The number of methoxy groups -OCH3 is 1. The maximum Gasteiger partial charge on any atom is 0.309 e. The van der Waals surface area contributed by atoms with Gasteiger partial charge in [0.1, 0.15) is 11.5 Å². The molecule has 130 valence electrons. The average molecular weight is 342 g/mol. The number of hydrogen-bond acceptors (Lipinski definition) is 5. The molecule has 3 rings (SSSR count). The number of ether oxygens (including phenoxy) is 1. The van der Waals surface area contributed by atoms with Gasteiger partial charge in [0.05, 0.1) is 18.9 Å². The minimum atomic E-state index is -1.00. The molecular formula is C19H18O6. The summed E-state index contributed by atoms with van der Waals surface area (Å²) in [5, 5.41) is 28.6. The number of carbonyl (C=O) groups excluding carboxylic acids is 1. The molecule has 0 aromatic heterocycles. The van der Waals surface area contributed by atoms with Gasteiger partial charge in [-0.2, -0.15) is 0 Å². The molecule has 0 heterocycles. The molecule has 2 unspecified atom stereocenters. The van der Waals surface area contributed by atoms with Crippen LogP contribution in [0.5, 0.6) is 11.5 Å². The summed E-state index contributed by atoms with van der Waals surface area (Å²) in [6.07, 6.45) is 0. The number of benzene rings is 2. The molecule has 1 fully saturated rings. The van der Waals surface area contributed by atoms with Gasteiger partial charge in [0, 0.05) is 11.8 Å². The lowest BCUT2D eigenvalue weighted by Gasteiger charge is -2.48. The Morgan fingerprint density at radius 3 is 1.52 bits per heavy atom. The van der Waals surface area contributed by atoms with E-state index in [4.69, 9.17) is 4.74 Å². The molecule has 0 spiro atoms. The molecule has 1 aliphatic rings. The summed E-state index contributed by atoms with van der Waals surface area (Å²) in [6.45, 7) is 0. The Labute approximate surface area is 144 Å². The molecular weight excluding hydrogens is 324 g/mol. The van der Waals surface area contributed by atoms with Crippen LogP contribution < -0.4 is 0 Å². The Hall–Kier alpha value is -3.02. The third kappa shape index (κ3) is 2.91. The molecule has 3 N–H and O–H groups in total. The second-order valence-corrected chi connectivity index (χ2v) is 6.15. The summed E-state index contributed by atoms with van der Waals surface area (Å²) in [4.78, 5) is 24.2. The summed E-state index contributed by atoms with van der Waals surface area (Å²) in [5.41, 5.74) is 1.33. The van der Waals surface area contributed by atoms with E-state index in [0.29, 0.717) is 11.1 Å². The van der Waals surface area contributed by atoms with Gasteiger partial charge < -0.3 is 20.1 Å². The molecule has 0 bridgehead atoms. The van der Waals surface area contributed by atoms with Crippen molar-refractivity contribution in [2.75, 3.05) is 7.11 Å². The molecule has 6 heteroatoms. The monoisotopic (exact) mass is 342 g/mol. The molecule has 25 heavy (non-hydrogen) atoms. The van der Waals surface area contributed by atoms with Crippen molar-refractivity contribution in [2.24, 2.45) is 11.8 Å². The molecule has 2 aromatic rings. The zero-order valence-corrected chi connectivity index (χ0v) is 13.5. The topological polar surface area (TPSA) is 104 Å². The van der Waals surface area contributed by atoms with Crippen molar-refractivity contribution in [1.82, 2.24) is 0 Å². The van der Waals surface area contributed by atoms with Gasteiger partial charge in [-0.1, -0.05) is 24.3 Å². The Bertz CT molecular complexity index is 727. The van der Waals surface area contributed by atoms with Crippen LogP contribution >= 0.6 is 0 Å². The second-order valence-electron chi connectivity index (χ2n) is 6.15. The van der Waals surface area contributed by atoms with Gasteiger partial charge in [0.2, 0.25) is 0 Å². The van der Waals surface area contributed by atoms with E-state index in [1.54, 1.807) is 24.3 Å². The van der Waals surface area contributed by atoms with Crippen LogP contribution in [0.25, 0.3) is 0 Å². The van der Waals surface area contributed by atoms with Crippen molar-refractivity contribution in [2.45, 2.75) is 11.8 Å². The van der Waals surface area contributed by atoms with E-state index in [9.17, 15) is 24.9 Å². The van der Waals surface area contributed by atoms with Crippen molar-refractivity contribution in [3.05, 3.63) is 59.7 Å². The Morgan fingerprint density at radius 1 is 0.800 bits per heavy atom. The van der Waals surface area contributed by atoms with Gasteiger partial charge in [-0.05, 0) is 35.4 Å². The maximum atomic E-state index is 12.3. The molecule has 2 aromatic carbocycles. The highest BCUT2D eigenvalue weighted by molar-refractivity contribution is 5.84. The van der Waals surface area contributed by atoms with E-state index < -0.39 is 35.6 Å². The number of carbonyl (C=O) groups is 2. The zero-order valence-electron chi connectivity index (χ0n) is 13.5. The van der Waals surface area contributed by atoms with Crippen LogP contribution in [0, 0.1) is 11.8 Å². The van der Waals surface area contributed by atoms with Crippen molar-refractivity contribution in [3.8, 4) is 11.5 Å². The first kappa shape index (κ1) is 16.8. The van der Waals surface area contributed by atoms with Gasteiger partial charge in [-0.15, -0.1) is 0 Å². The predicted molar refractivity (Wildman–Crippen MR) is 88.3 cm³/mol. The van der Waals surface area contributed by atoms with Crippen molar-refractivity contribution in [1.29, 1.82) is 0 Å². The molecule has 6 nitrogen and oxygen atoms in total. The Morgan fingerprint density at radius 2 is 1.20 bits per heavy atom. The highest BCUT2D eigenvalue weighted by atomic mass is 16.5. The number of aliphatic carboxylic acids is 1. The van der Waals surface area contributed by atoms with Crippen LogP contribution in [-0.4, -0.2) is 34.4 Å². The minimum Gasteiger partial charge on any atom is -0.508 e. The zero-order chi connectivity index (χ0) is 18.1. The third-order valence-corrected chi connectivity index (χ3v) is 4.86. The number of hydrogen-bond donors (Lipinski definition) is 3. The van der Waals surface area contributed by atoms with Crippen LogP contribution in [-0.2, 0) is 14.3 Å². The Kier molecular flexibility index (Phi) is 4.35. The molecule has 0 radical (unpaired) electrons. The fourth-order valence-corrected chi connectivity index (χ4v) is 3.71. The fourth-order valence-electron chi connectivity index (χ4n) is 3.71. The van der Waals surface area contributed by atoms with E-state index in [-0.39, 0.29) is 11.5 Å². The molecule has 0 amide bonds. The Balaban J connectivity index is 2.04. The summed E-state index contributed by atoms with van der Waals surface area (Å²) in [6, 6.07) is 12.4. The molecule has 2 atom stereocenters. The third-order valence-electron chi connectivity index (χ3n) is 4.86. The van der Waals surface area contributed by atoms with Gasteiger partial charge in [-0.25, -0.2) is 0 Å². The maximum absolute atomic E-state index is 12.3. The first-order valence-electron chi connectivity index (χ1n) is 7.82. The highest BCUT2D eigenvalue weighted by Crippen LogP contribution is 2.58. The first-order valence-corrected chi connectivity index (χ1v) is 7.82. The standard InChI is InChI=1S/C19H18O6/c1-25-19(24)17-14(10-2-6-12(20)7-3-10)16(18(22)23)15(17)11-4-8-13(21)9-5-11/h2-9,14-17,20-21H,1H3,(H,22,23). The molecule has 0 saturated heterocycles. The van der Waals surface area contributed by atoms with E-state index in [0.717, 1.165) is 0 Å². The fraction of sp³-hybridized carbons (Fsp3) is 0.263. The van der Waals surface area contributed by atoms with Crippen LogP contribution in [0.4, 0.5) is 0 Å². The highest BCUT2D eigenvalue weighted by Gasteiger charge is 2.58. The van der Waals surface area contributed by atoms with Gasteiger partial charge in [0.15, 0.2) is 0 Å². The number of carboxylic acids is 1. The van der Waals surface area contributed by atoms with E-state index in [1.165, 1.54) is 31.4 Å². The smallest absolute Gasteiger partial charge is 0.309 e. The number of rotatable bonds is 4. The number of phenols is 2. The molecule has 1 aliphatic carbocycles. The van der Waals surface area contributed by atoms with E-state index >= 15 is 0 Å². The molecule has 0 aliphatic heterocycles. The number of phenolic OH excluding ortho intramolecular Hbond substituents is 2. The van der Waals surface area contributed by atoms with Crippen LogP contribution in [0.15, 0.2) is 48.5 Å². The van der Waals surface area contributed by atoms with Crippen LogP contribution in [0.3, 0.4) is 0 Å². The second kappa shape index (κ2) is 6.47. The lowest BCUT2D eigenvalue weighted by Crippen LogP contribution is -2.51. The summed E-state index contributed by atoms with van der Waals surface area (Å²) in [5.74, 6) is -3.91. The first-order chi connectivity index (χ1) is 11.9. The summed E-state index contributed by atoms with van der Waals surface area (Å²) < 4.78 is 4.90. The van der Waals surface area contributed by atoms with Gasteiger partial charge in [0.25, 0.3) is 0 Å². The summed E-state index contributed by atoms with van der Waals surface area (Å²) >= 11 is 0. The van der Waals surface area contributed by atoms with Gasteiger partial charge in [-0.3, -0.25) is 9.59 Å². The lowest BCUT2D eigenvalue weighted by atomic mass is 9.52. The predicted octanol–water partition coefficient (Wildman–Crippen LogP) is 2.47. The van der Waals surface area contributed by atoms with E-state index in [2.05, 4.69) is 0 Å². The van der Waals surface area contributed by atoms with Crippen molar-refractivity contribution in [3.63, 3.8) is 0 Å². The number of esters is 1. The van der Waals surface area contributed by atoms with Crippen LogP contribution in [0.2, 0.25) is 0 Å². The van der Waals surface area contributed by atoms with Gasteiger partial charge >= 0.3 is 11.9 Å². The van der Waals surface area contributed by atoms with Crippen molar-refractivity contribution >= 4 is 11.9 Å². The minimum absolute atomic E-state index is 0.0691. The normalized spacial score (nSPS) is 25.0. The quantitative estimate of drug-likeness (QED) is 0.738. The molecule has 1 saturated carbocycles. The largest absolute Gasteiger partial charge is 0.508 e. The van der Waals surface area contributed by atoms with Crippen LogP contribution in [0.1, 0.15) is 23.0 Å². The van der Waals surface area contributed by atoms with E-state index in [1.807, 2.05) is 0 Å². The number of aromatic hydroxyl groups is 2. The lowest BCUT2D eigenvalue weighted by molar-refractivity contribution is -0.162. The summed E-state index contributed by atoms with van der Waals surface area (Å²) in [7, 11) is 1.28. The number of carboxylic acid groups (broad SMARTS) is 1. The van der Waals surface area contributed by atoms with Crippen molar-refractivity contribution < 1.29 is 29.6 Å².